The van der Waals surface area contributed by atoms with Crippen molar-refractivity contribution in [3.63, 3.8) is 0 Å². The normalized spacial score (nSPS) is 23.1. The highest BCUT2D eigenvalue weighted by molar-refractivity contribution is 6.16. The van der Waals surface area contributed by atoms with Crippen molar-refractivity contribution in [1.29, 1.82) is 0 Å². The van der Waals surface area contributed by atoms with E-state index in [4.69, 9.17) is 5.26 Å². The van der Waals surface area contributed by atoms with Crippen LogP contribution < -0.4 is 0 Å². The van der Waals surface area contributed by atoms with Gasteiger partial charge in [-0.15, -0.1) is 0 Å². The van der Waals surface area contributed by atoms with Crippen LogP contribution in [0.2, 0.25) is 0 Å². The van der Waals surface area contributed by atoms with Gasteiger partial charge in [0.2, 0.25) is 5.78 Å². The zero-order chi connectivity index (χ0) is 12.5. The number of hydrogen-bond acceptors (Lipinski definition) is 5. The van der Waals surface area contributed by atoms with Gasteiger partial charge in [0, 0.05) is 12.0 Å². The van der Waals surface area contributed by atoms with Gasteiger partial charge in [-0.05, 0) is 12.0 Å². The summed E-state index contributed by atoms with van der Waals surface area (Å²) in [5.41, 5.74) is -0.685. The van der Waals surface area contributed by atoms with Crippen LogP contribution in [0.5, 0.6) is 0 Å². The van der Waals surface area contributed by atoms with Crippen LogP contribution in [0, 0.1) is 0 Å². The number of esters is 1. The molecule has 0 saturated carbocycles. The number of ether oxygens (including phenoxy) is 1. The van der Waals surface area contributed by atoms with Crippen molar-refractivity contribution in [2.75, 3.05) is 7.11 Å². The van der Waals surface area contributed by atoms with E-state index in [9.17, 15) is 9.59 Å². The Bertz CT molecular complexity index is 468. The summed E-state index contributed by atoms with van der Waals surface area (Å²) < 4.78 is 4.52. The highest BCUT2D eigenvalue weighted by Gasteiger charge is 2.52. The predicted octanol–water partition coefficient (Wildman–Crippen LogP) is 1.22. The second-order valence-electron chi connectivity index (χ2n) is 3.90. The maximum Gasteiger partial charge on any atom is 0.349 e. The Morgan fingerprint density at radius 3 is 2.76 bits per heavy atom. The van der Waals surface area contributed by atoms with Gasteiger partial charge in [0.1, 0.15) is 0 Å². The second kappa shape index (κ2) is 4.27. The summed E-state index contributed by atoms with van der Waals surface area (Å²) >= 11 is 0. The third-order valence-electron chi connectivity index (χ3n) is 3.05. The Kier molecular flexibility index (Phi) is 2.95. The van der Waals surface area contributed by atoms with Crippen molar-refractivity contribution in [3.05, 3.63) is 35.4 Å². The van der Waals surface area contributed by atoms with Gasteiger partial charge in [-0.2, -0.15) is 0 Å². The maximum absolute atomic E-state index is 12.2. The lowest BCUT2D eigenvalue weighted by Gasteiger charge is -2.30. The molecule has 0 bridgehead atoms. The van der Waals surface area contributed by atoms with Gasteiger partial charge in [0.05, 0.1) is 7.11 Å². The van der Waals surface area contributed by atoms with Gasteiger partial charge >= 0.3 is 5.97 Å². The number of aryl methyl sites for hydroxylation is 1. The number of methoxy groups -OCH3 is 1. The fraction of sp³-hybridized carbons (Fsp3) is 0.333. The molecular weight excluding hydrogens is 224 g/mol. The Morgan fingerprint density at radius 2 is 2.12 bits per heavy atom. The maximum atomic E-state index is 12.2. The Labute approximate surface area is 97.9 Å². The zero-order valence-corrected chi connectivity index (χ0v) is 9.30. The van der Waals surface area contributed by atoms with E-state index in [2.05, 4.69) is 9.62 Å². The van der Waals surface area contributed by atoms with Crippen LogP contribution in [-0.2, 0) is 20.8 Å². The third-order valence-corrected chi connectivity index (χ3v) is 3.05. The first-order valence-electron chi connectivity index (χ1n) is 5.19. The molecular formula is C12H12O5. The SMILES string of the molecule is COC(=O)C1(OO)CCc2ccccc2C1=O. The van der Waals surface area contributed by atoms with E-state index in [0.29, 0.717) is 12.0 Å². The first-order valence-corrected chi connectivity index (χ1v) is 5.19. The van der Waals surface area contributed by atoms with E-state index in [-0.39, 0.29) is 6.42 Å². The number of fused-ring (bicyclic) bond motifs is 1. The summed E-state index contributed by atoms with van der Waals surface area (Å²) in [6, 6.07) is 6.93. The number of carbonyl (C=O) groups is 2. The summed E-state index contributed by atoms with van der Waals surface area (Å²) in [7, 11) is 1.15. The first-order chi connectivity index (χ1) is 8.15. The molecule has 1 aliphatic carbocycles. The molecule has 1 aromatic rings. The van der Waals surface area contributed by atoms with E-state index < -0.39 is 17.4 Å². The molecule has 0 saturated heterocycles. The molecule has 0 fully saturated rings. The Morgan fingerprint density at radius 1 is 1.41 bits per heavy atom. The Hall–Kier alpha value is -1.72. The molecule has 1 unspecified atom stereocenters. The molecule has 0 radical (unpaired) electrons. The molecule has 0 heterocycles. The van der Waals surface area contributed by atoms with E-state index in [1.54, 1.807) is 12.1 Å². The summed E-state index contributed by atoms with van der Waals surface area (Å²) in [6.45, 7) is 0. The molecule has 1 aliphatic rings. The van der Waals surface area contributed by atoms with E-state index in [1.807, 2.05) is 12.1 Å². The predicted molar refractivity (Wildman–Crippen MR) is 57.6 cm³/mol. The van der Waals surface area contributed by atoms with Gasteiger partial charge in [0.25, 0.3) is 5.60 Å². The van der Waals surface area contributed by atoms with Gasteiger partial charge in [-0.1, -0.05) is 24.3 Å². The average Bonchev–Trinajstić information content (AvgIpc) is 2.39. The topological polar surface area (TPSA) is 72.8 Å². The number of benzene rings is 1. The summed E-state index contributed by atoms with van der Waals surface area (Å²) in [5, 5.41) is 8.92. The number of rotatable bonds is 2. The lowest BCUT2D eigenvalue weighted by atomic mass is 9.79. The molecule has 0 spiro atoms. The van der Waals surface area contributed by atoms with Gasteiger partial charge in [0.15, 0.2) is 0 Å². The van der Waals surface area contributed by atoms with Crippen molar-refractivity contribution in [1.82, 2.24) is 0 Å². The van der Waals surface area contributed by atoms with Gasteiger partial charge in [-0.25, -0.2) is 9.68 Å². The monoisotopic (exact) mass is 236 g/mol. The molecule has 1 N–H and O–H groups in total. The van der Waals surface area contributed by atoms with Crippen LogP contribution in [0.4, 0.5) is 0 Å². The van der Waals surface area contributed by atoms with Gasteiger partial charge < -0.3 is 4.74 Å². The van der Waals surface area contributed by atoms with Crippen LogP contribution in [0.15, 0.2) is 24.3 Å². The lowest BCUT2D eigenvalue weighted by Crippen LogP contribution is -2.52. The van der Waals surface area contributed by atoms with E-state index in [0.717, 1.165) is 12.7 Å². The molecule has 90 valence electrons. The highest BCUT2D eigenvalue weighted by atomic mass is 17.1. The summed E-state index contributed by atoms with van der Waals surface area (Å²) in [5.74, 6) is -1.44. The number of carbonyl (C=O) groups excluding carboxylic acids is 2. The van der Waals surface area contributed by atoms with Crippen molar-refractivity contribution in [3.8, 4) is 0 Å². The lowest BCUT2D eigenvalue weighted by molar-refractivity contribution is -0.302. The fourth-order valence-corrected chi connectivity index (χ4v) is 2.09. The quantitative estimate of drug-likeness (QED) is 0.361. The molecule has 0 aromatic heterocycles. The number of hydrogen-bond donors (Lipinski definition) is 1. The van der Waals surface area contributed by atoms with Crippen molar-refractivity contribution in [2.45, 2.75) is 18.4 Å². The van der Waals surface area contributed by atoms with E-state index >= 15 is 0 Å². The minimum Gasteiger partial charge on any atom is -0.466 e. The molecule has 0 aliphatic heterocycles. The summed E-state index contributed by atoms with van der Waals surface area (Å²) in [6.07, 6.45) is 0.545. The van der Waals surface area contributed by atoms with E-state index in [1.165, 1.54) is 0 Å². The summed E-state index contributed by atoms with van der Waals surface area (Å²) in [4.78, 5) is 28.0. The second-order valence-corrected chi connectivity index (χ2v) is 3.90. The highest BCUT2D eigenvalue weighted by Crippen LogP contribution is 2.32. The first kappa shape index (κ1) is 11.8. The molecule has 1 atom stereocenters. The fourth-order valence-electron chi connectivity index (χ4n) is 2.09. The minimum atomic E-state index is -1.91. The standard InChI is InChI=1S/C12H12O5/c1-16-11(14)12(17-15)7-6-8-4-2-3-5-9(8)10(12)13/h2-5,15H,6-7H2,1H3. The largest absolute Gasteiger partial charge is 0.466 e. The molecule has 17 heavy (non-hydrogen) atoms. The van der Waals surface area contributed by atoms with Crippen molar-refractivity contribution < 1.29 is 24.5 Å². The minimum absolute atomic E-state index is 0.0754. The van der Waals surface area contributed by atoms with Crippen LogP contribution in [0.1, 0.15) is 22.3 Å². The van der Waals surface area contributed by atoms with Crippen molar-refractivity contribution in [2.24, 2.45) is 0 Å². The van der Waals surface area contributed by atoms with Crippen molar-refractivity contribution >= 4 is 11.8 Å². The van der Waals surface area contributed by atoms with Crippen LogP contribution >= 0.6 is 0 Å². The Balaban J connectivity index is 2.49. The molecule has 5 nitrogen and oxygen atoms in total. The van der Waals surface area contributed by atoms with Crippen LogP contribution in [-0.4, -0.2) is 29.7 Å². The number of Topliss-reactive ketones (excluding diaryl/α,β-unsaturated/α-hetero) is 1. The molecule has 5 heteroatoms. The molecule has 1 aromatic carbocycles. The number of ketones is 1. The average molecular weight is 236 g/mol. The van der Waals surface area contributed by atoms with Crippen LogP contribution in [0.25, 0.3) is 0 Å². The third kappa shape index (κ3) is 1.64. The molecule has 2 rings (SSSR count). The molecule has 0 amide bonds. The zero-order valence-electron chi connectivity index (χ0n) is 9.30. The smallest absolute Gasteiger partial charge is 0.349 e. The van der Waals surface area contributed by atoms with Crippen LogP contribution in [0.3, 0.4) is 0 Å². The van der Waals surface area contributed by atoms with Gasteiger partial charge in [-0.3, -0.25) is 10.1 Å².